The van der Waals surface area contributed by atoms with Crippen molar-refractivity contribution in [1.82, 2.24) is 9.19 Å². The second-order valence-electron chi connectivity index (χ2n) is 6.34. The van der Waals surface area contributed by atoms with E-state index >= 15 is 0 Å². The molecule has 3 rings (SSSR count). The number of sulfone groups is 1. The van der Waals surface area contributed by atoms with Crippen molar-refractivity contribution in [3.8, 4) is 5.75 Å². The summed E-state index contributed by atoms with van der Waals surface area (Å²) in [7, 11) is -6.50. The monoisotopic (exact) mass is 420 g/mol. The molecule has 28 heavy (non-hydrogen) atoms. The van der Waals surface area contributed by atoms with Crippen LogP contribution in [0.25, 0.3) is 0 Å². The number of methoxy groups -OCH3 is 1. The van der Waals surface area contributed by atoms with Crippen LogP contribution in [-0.4, -0.2) is 33.1 Å². The summed E-state index contributed by atoms with van der Waals surface area (Å²) in [6.45, 7) is 4.77. The molecule has 0 amide bonds. The van der Waals surface area contributed by atoms with Gasteiger partial charge in [-0.1, -0.05) is 17.7 Å². The molecule has 3 aromatic rings. The van der Waals surface area contributed by atoms with Crippen LogP contribution in [0.2, 0.25) is 0 Å². The van der Waals surface area contributed by atoms with E-state index in [1.165, 1.54) is 57.4 Å². The third-order valence-electron chi connectivity index (χ3n) is 4.37. The minimum absolute atomic E-state index is 0.0156. The quantitative estimate of drug-likeness (QED) is 0.630. The van der Waals surface area contributed by atoms with Gasteiger partial charge in [-0.3, -0.25) is 0 Å². The number of rotatable bonds is 5. The summed E-state index contributed by atoms with van der Waals surface area (Å²) in [6, 6.07) is 12.2. The summed E-state index contributed by atoms with van der Waals surface area (Å²) >= 11 is 0. The van der Waals surface area contributed by atoms with Gasteiger partial charge in [-0.05, 0) is 57.2 Å². The molecule has 0 saturated carbocycles. The smallest absolute Gasteiger partial charge is 0.283 e. The minimum atomic E-state index is -4.06. The lowest BCUT2D eigenvalue weighted by Gasteiger charge is -2.09. The van der Waals surface area contributed by atoms with Crippen molar-refractivity contribution in [1.29, 1.82) is 0 Å². The van der Waals surface area contributed by atoms with Gasteiger partial charge in [0.2, 0.25) is 9.84 Å². The van der Waals surface area contributed by atoms with Crippen LogP contribution in [0.4, 0.5) is 0 Å². The van der Waals surface area contributed by atoms with Gasteiger partial charge in [0.15, 0.2) is 0 Å². The van der Waals surface area contributed by atoms with Crippen LogP contribution < -0.4 is 4.74 Å². The Labute approximate surface area is 164 Å². The molecule has 148 valence electrons. The normalized spacial score (nSPS) is 12.1. The molecule has 0 N–H and O–H groups in total. The van der Waals surface area contributed by atoms with Gasteiger partial charge in [0.05, 0.1) is 28.3 Å². The van der Waals surface area contributed by atoms with Crippen LogP contribution in [0, 0.1) is 20.8 Å². The van der Waals surface area contributed by atoms with E-state index in [1.54, 1.807) is 12.1 Å². The Kier molecular flexibility index (Phi) is 5.07. The molecule has 0 fully saturated rings. The topological polar surface area (TPSA) is 95.3 Å². The van der Waals surface area contributed by atoms with Gasteiger partial charge in [0.1, 0.15) is 10.6 Å². The fraction of sp³-hybridized carbons (Fsp3) is 0.211. The SMILES string of the molecule is COc1ccc(S(=O)(=O)n2nc(C)c(S(=O)(=O)c3ccc(C)cc3)c2C)cc1. The van der Waals surface area contributed by atoms with E-state index in [1.807, 2.05) is 6.92 Å². The van der Waals surface area contributed by atoms with Gasteiger partial charge < -0.3 is 4.74 Å². The van der Waals surface area contributed by atoms with Crippen LogP contribution >= 0.6 is 0 Å². The van der Waals surface area contributed by atoms with Gasteiger partial charge in [0.25, 0.3) is 10.0 Å². The fourth-order valence-corrected chi connectivity index (χ4v) is 5.97. The summed E-state index contributed by atoms with van der Waals surface area (Å²) in [5.74, 6) is 0.509. The van der Waals surface area contributed by atoms with E-state index in [2.05, 4.69) is 5.10 Å². The van der Waals surface area contributed by atoms with E-state index in [4.69, 9.17) is 4.74 Å². The van der Waals surface area contributed by atoms with Crippen molar-refractivity contribution in [3.63, 3.8) is 0 Å². The molecule has 0 aliphatic carbocycles. The van der Waals surface area contributed by atoms with Gasteiger partial charge in [-0.2, -0.15) is 17.6 Å². The Balaban J connectivity index is 2.15. The van der Waals surface area contributed by atoms with Crippen LogP contribution in [0.1, 0.15) is 17.0 Å². The highest BCUT2D eigenvalue weighted by molar-refractivity contribution is 7.92. The molecule has 9 heteroatoms. The molecule has 0 aliphatic rings. The van der Waals surface area contributed by atoms with Crippen molar-refractivity contribution >= 4 is 19.9 Å². The zero-order valence-electron chi connectivity index (χ0n) is 15.9. The first kappa shape index (κ1) is 20.1. The van der Waals surface area contributed by atoms with Crippen LogP contribution in [0.15, 0.2) is 63.2 Å². The molecule has 0 aliphatic heterocycles. The molecule has 1 aromatic heterocycles. The third-order valence-corrected chi connectivity index (χ3v) is 8.07. The first-order valence-corrected chi connectivity index (χ1v) is 11.3. The maximum absolute atomic E-state index is 13.1. The number of hydrogen-bond acceptors (Lipinski definition) is 6. The predicted molar refractivity (Wildman–Crippen MR) is 104 cm³/mol. The summed E-state index contributed by atoms with van der Waals surface area (Å²) in [5.41, 5.74) is 1.08. The van der Waals surface area contributed by atoms with Gasteiger partial charge >= 0.3 is 0 Å². The van der Waals surface area contributed by atoms with Gasteiger partial charge in [-0.25, -0.2) is 8.42 Å². The molecular weight excluding hydrogens is 400 g/mol. The predicted octanol–water partition coefficient (Wildman–Crippen LogP) is 2.89. The average Bonchev–Trinajstić information content (AvgIpc) is 2.97. The van der Waals surface area contributed by atoms with E-state index in [0.29, 0.717) is 5.75 Å². The Bertz CT molecular complexity index is 1220. The lowest BCUT2D eigenvalue weighted by atomic mass is 10.2. The summed E-state index contributed by atoms with van der Waals surface area (Å²) in [4.78, 5) is -0.0303. The largest absolute Gasteiger partial charge is 0.497 e. The number of ether oxygens (including phenoxy) is 1. The highest BCUT2D eigenvalue weighted by Crippen LogP contribution is 2.29. The molecule has 0 spiro atoms. The Morgan fingerprint density at radius 3 is 1.89 bits per heavy atom. The fourth-order valence-electron chi connectivity index (χ4n) is 2.91. The lowest BCUT2D eigenvalue weighted by Crippen LogP contribution is -2.16. The Morgan fingerprint density at radius 2 is 1.36 bits per heavy atom. The zero-order chi connectivity index (χ0) is 20.7. The van der Waals surface area contributed by atoms with E-state index in [9.17, 15) is 16.8 Å². The van der Waals surface area contributed by atoms with Crippen LogP contribution in [0.3, 0.4) is 0 Å². The van der Waals surface area contributed by atoms with Crippen molar-refractivity contribution in [3.05, 3.63) is 65.5 Å². The molecule has 0 atom stereocenters. The highest BCUT2D eigenvalue weighted by atomic mass is 32.2. The molecule has 2 aromatic carbocycles. The molecular formula is C19H20N2O5S2. The lowest BCUT2D eigenvalue weighted by molar-refractivity contribution is 0.414. The molecule has 1 heterocycles. The Morgan fingerprint density at radius 1 is 0.821 bits per heavy atom. The number of nitrogens with zero attached hydrogens (tertiary/aromatic N) is 2. The van der Waals surface area contributed by atoms with Crippen LogP contribution in [-0.2, 0) is 19.9 Å². The summed E-state index contributed by atoms with van der Waals surface area (Å²) < 4.78 is 58.0. The second kappa shape index (κ2) is 7.06. The van der Waals surface area contributed by atoms with E-state index in [0.717, 1.165) is 9.65 Å². The number of hydrogen-bond donors (Lipinski definition) is 0. The van der Waals surface area contributed by atoms with Crippen molar-refractivity contribution in [2.75, 3.05) is 7.11 Å². The van der Waals surface area contributed by atoms with Gasteiger partial charge in [0, 0.05) is 0 Å². The third kappa shape index (κ3) is 3.31. The number of aromatic nitrogens is 2. The van der Waals surface area contributed by atoms with E-state index in [-0.39, 0.29) is 26.1 Å². The van der Waals surface area contributed by atoms with E-state index < -0.39 is 19.9 Å². The van der Waals surface area contributed by atoms with Crippen molar-refractivity contribution in [2.24, 2.45) is 0 Å². The average molecular weight is 421 g/mol. The molecule has 7 nitrogen and oxygen atoms in total. The molecule has 0 saturated heterocycles. The second-order valence-corrected chi connectivity index (χ2v) is 9.99. The number of aryl methyl sites for hydroxylation is 2. The maximum Gasteiger partial charge on any atom is 0.283 e. The highest BCUT2D eigenvalue weighted by Gasteiger charge is 2.31. The molecule has 0 radical (unpaired) electrons. The first-order chi connectivity index (χ1) is 13.1. The standard InChI is InChI=1S/C19H20N2O5S2/c1-13-5-9-17(10-6-13)27(22,23)19-14(2)20-21(15(19)3)28(24,25)18-11-7-16(26-4)8-12-18/h5-12H,1-4H3. The minimum Gasteiger partial charge on any atom is -0.497 e. The molecule has 0 bridgehead atoms. The Hall–Kier alpha value is -2.65. The summed E-state index contributed by atoms with van der Waals surface area (Å²) in [5, 5.41) is 4.03. The summed E-state index contributed by atoms with van der Waals surface area (Å²) in [6.07, 6.45) is 0. The molecule has 0 unspecified atom stereocenters. The maximum atomic E-state index is 13.1. The van der Waals surface area contributed by atoms with Crippen LogP contribution in [0.5, 0.6) is 5.75 Å². The zero-order valence-corrected chi connectivity index (χ0v) is 17.5. The van der Waals surface area contributed by atoms with Crippen molar-refractivity contribution < 1.29 is 21.6 Å². The first-order valence-electron chi connectivity index (χ1n) is 8.36. The van der Waals surface area contributed by atoms with Gasteiger partial charge in [-0.15, -0.1) is 0 Å². The van der Waals surface area contributed by atoms with Crippen molar-refractivity contribution in [2.45, 2.75) is 35.5 Å². The number of benzene rings is 2.